The number of pyridine rings is 1. The molecule has 1 aromatic heterocycles. The lowest BCUT2D eigenvalue weighted by atomic mass is 10.0. The van der Waals surface area contributed by atoms with Crippen molar-refractivity contribution in [3.05, 3.63) is 101 Å². The van der Waals surface area contributed by atoms with Gasteiger partial charge in [-0.1, -0.05) is 6.58 Å². The molecular weight excluding hydrogens is 469 g/mol. The summed E-state index contributed by atoms with van der Waals surface area (Å²) >= 11 is 0. The second kappa shape index (κ2) is 10.4. The summed E-state index contributed by atoms with van der Waals surface area (Å²) in [6, 6.07) is 7.39. The maximum atomic E-state index is 14.8. The lowest BCUT2D eigenvalue weighted by Crippen LogP contribution is -2.34. The molecule has 1 heterocycles. The van der Waals surface area contributed by atoms with Crippen LogP contribution in [0.15, 0.2) is 66.2 Å². The topological polar surface area (TPSA) is 99.5 Å². The monoisotopic (exact) mass is 492 g/mol. The Kier molecular flexibility index (Phi) is 7.75. The van der Waals surface area contributed by atoms with Crippen LogP contribution in [0, 0.1) is 24.4 Å². The predicted octanol–water partition coefficient (Wildman–Crippen LogP) is 3.28. The first kappa shape index (κ1) is 25.4. The van der Waals surface area contributed by atoms with Gasteiger partial charge < -0.3 is 15.5 Å². The molecule has 3 N–H and O–H groups in total. The van der Waals surface area contributed by atoms with Gasteiger partial charge in [0.15, 0.2) is 9.84 Å². The van der Waals surface area contributed by atoms with E-state index in [0.29, 0.717) is 11.3 Å². The third-order valence-electron chi connectivity index (χ3n) is 5.26. The van der Waals surface area contributed by atoms with Crippen LogP contribution in [0.3, 0.4) is 0 Å². The summed E-state index contributed by atoms with van der Waals surface area (Å²) in [5.41, 5.74) is 0.617. The number of nitrogens with one attached hydrogen (secondary N) is 1. The van der Waals surface area contributed by atoms with E-state index in [4.69, 9.17) is 0 Å². The van der Waals surface area contributed by atoms with E-state index in [1.807, 2.05) is 0 Å². The first-order chi connectivity index (χ1) is 16.1. The Morgan fingerprint density at radius 1 is 1.00 bits per heavy atom. The molecule has 0 radical (unpaired) electrons. The first-order valence-corrected chi connectivity index (χ1v) is 11.7. The number of nitrogens with zero attached hydrogens (tertiary/aromatic N) is 1. The molecule has 180 valence electrons. The van der Waals surface area contributed by atoms with Crippen LogP contribution in [0.4, 0.5) is 13.2 Å². The summed E-state index contributed by atoms with van der Waals surface area (Å²) in [4.78, 5) is 3.94. The molecule has 10 heteroatoms. The molecule has 0 aliphatic rings. The van der Waals surface area contributed by atoms with E-state index in [2.05, 4.69) is 16.9 Å². The van der Waals surface area contributed by atoms with Crippen LogP contribution in [0.2, 0.25) is 0 Å². The van der Waals surface area contributed by atoms with Crippen molar-refractivity contribution >= 4 is 15.5 Å². The minimum Gasteiger partial charge on any atom is -0.394 e. The Labute approximate surface area is 195 Å². The van der Waals surface area contributed by atoms with Crippen molar-refractivity contribution in [1.29, 1.82) is 0 Å². The third kappa shape index (κ3) is 5.30. The van der Waals surface area contributed by atoms with Gasteiger partial charge in [0.2, 0.25) is 0 Å². The van der Waals surface area contributed by atoms with Crippen molar-refractivity contribution < 1.29 is 31.8 Å². The van der Waals surface area contributed by atoms with Crippen molar-refractivity contribution in [2.24, 2.45) is 0 Å². The lowest BCUT2D eigenvalue weighted by Gasteiger charge is -2.22. The van der Waals surface area contributed by atoms with Gasteiger partial charge in [-0.2, -0.15) is 0 Å². The fraction of sp³-hybridized carbons (Fsp3) is 0.208. The number of halogens is 3. The normalized spacial score (nSPS) is 12.6. The number of aryl methyl sites for hydroxylation is 1. The van der Waals surface area contributed by atoms with Crippen molar-refractivity contribution in [2.75, 3.05) is 13.2 Å². The minimum atomic E-state index is -4.36. The second-order valence-electron chi connectivity index (χ2n) is 7.66. The zero-order valence-electron chi connectivity index (χ0n) is 18.2. The largest absolute Gasteiger partial charge is 0.394 e. The Morgan fingerprint density at radius 3 is 2.21 bits per heavy atom. The highest BCUT2D eigenvalue weighted by Crippen LogP contribution is 2.38. The Morgan fingerprint density at radius 2 is 1.62 bits per heavy atom. The molecule has 0 aliphatic heterocycles. The van der Waals surface area contributed by atoms with E-state index in [-0.39, 0.29) is 29.4 Å². The quantitative estimate of drug-likeness (QED) is 0.397. The van der Waals surface area contributed by atoms with Gasteiger partial charge in [-0.25, -0.2) is 21.6 Å². The third-order valence-corrected chi connectivity index (χ3v) is 7.31. The van der Waals surface area contributed by atoms with E-state index >= 15 is 0 Å². The smallest absolute Gasteiger partial charge is 0.189 e. The van der Waals surface area contributed by atoms with Gasteiger partial charge in [0.05, 0.1) is 35.5 Å². The molecule has 1 unspecified atom stereocenters. The van der Waals surface area contributed by atoms with E-state index in [1.54, 1.807) is 6.92 Å². The molecule has 0 bridgehead atoms. The van der Waals surface area contributed by atoms with Crippen LogP contribution in [0.25, 0.3) is 5.70 Å². The summed E-state index contributed by atoms with van der Waals surface area (Å²) in [6.07, 6.45) is 1.22. The van der Waals surface area contributed by atoms with Crippen molar-refractivity contribution in [1.82, 2.24) is 10.3 Å². The van der Waals surface area contributed by atoms with Gasteiger partial charge in [-0.05, 0) is 66.6 Å². The van der Waals surface area contributed by atoms with Gasteiger partial charge in [0.25, 0.3) is 0 Å². The summed E-state index contributed by atoms with van der Waals surface area (Å²) in [5.74, 6) is -2.40. The number of aromatic nitrogens is 1. The molecule has 3 aromatic rings. The van der Waals surface area contributed by atoms with Gasteiger partial charge in [0, 0.05) is 11.8 Å². The molecule has 2 aromatic carbocycles. The minimum absolute atomic E-state index is 0.0891. The molecule has 0 amide bonds. The lowest BCUT2D eigenvalue weighted by molar-refractivity contribution is 0.182. The maximum Gasteiger partial charge on any atom is 0.189 e. The number of rotatable bonds is 9. The molecule has 0 saturated carbocycles. The van der Waals surface area contributed by atoms with Crippen LogP contribution in [-0.4, -0.2) is 42.9 Å². The molecule has 0 spiro atoms. The number of aliphatic hydroxyl groups excluding tert-OH is 2. The van der Waals surface area contributed by atoms with E-state index in [0.717, 1.165) is 42.5 Å². The van der Waals surface area contributed by atoms with E-state index < -0.39 is 44.1 Å². The highest BCUT2D eigenvalue weighted by atomic mass is 32.2. The maximum absolute atomic E-state index is 14.8. The van der Waals surface area contributed by atoms with Crippen LogP contribution in [-0.2, 0) is 9.84 Å². The average molecular weight is 493 g/mol. The molecule has 0 saturated heterocycles. The molecule has 1 atom stereocenters. The summed E-state index contributed by atoms with van der Waals surface area (Å²) in [5, 5.41) is 19.6. The van der Waals surface area contributed by atoms with E-state index in [1.165, 1.54) is 12.3 Å². The number of sulfone groups is 1. The Balaban J connectivity index is 2.15. The van der Waals surface area contributed by atoms with Crippen molar-refractivity contribution in [2.45, 2.75) is 23.1 Å². The SMILES string of the molecule is C=C(NC(CO)CO)c1cc(C)c(C(c2cc(F)ccc2F)S(=O)(=O)c2ccc(F)cc2)cn1. The average Bonchev–Trinajstić information content (AvgIpc) is 2.80. The molecule has 3 rings (SSSR count). The summed E-state index contributed by atoms with van der Waals surface area (Å²) < 4.78 is 69.4. The van der Waals surface area contributed by atoms with Crippen LogP contribution in [0.5, 0.6) is 0 Å². The van der Waals surface area contributed by atoms with Gasteiger partial charge >= 0.3 is 0 Å². The predicted molar refractivity (Wildman–Crippen MR) is 121 cm³/mol. The van der Waals surface area contributed by atoms with Gasteiger partial charge in [-0.3, -0.25) is 4.98 Å². The number of benzene rings is 2. The zero-order chi connectivity index (χ0) is 25.0. The fourth-order valence-corrected chi connectivity index (χ4v) is 5.34. The summed E-state index contributed by atoms with van der Waals surface area (Å²) in [7, 11) is -4.36. The highest BCUT2D eigenvalue weighted by Gasteiger charge is 2.35. The van der Waals surface area contributed by atoms with Gasteiger partial charge in [-0.15, -0.1) is 0 Å². The number of hydrogen-bond donors (Lipinski definition) is 3. The van der Waals surface area contributed by atoms with E-state index in [9.17, 15) is 31.8 Å². The molecule has 6 nitrogen and oxygen atoms in total. The summed E-state index contributed by atoms with van der Waals surface area (Å²) in [6.45, 7) is 4.67. The van der Waals surface area contributed by atoms with Crippen LogP contribution in [0.1, 0.15) is 27.6 Å². The highest BCUT2D eigenvalue weighted by molar-refractivity contribution is 7.92. The van der Waals surface area contributed by atoms with Gasteiger partial charge in [0.1, 0.15) is 22.7 Å². The molecule has 0 aliphatic carbocycles. The zero-order valence-corrected chi connectivity index (χ0v) is 19.0. The Hall–Kier alpha value is -3.21. The number of aliphatic hydroxyl groups is 2. The Bertz CT molecular complexity index is 1290. The molecular formula is C24H23F3N2O4S. The van der Waals surface area contributed by atoms with Crippen LogP contribution >= 0.6 is 0 Å². The van der Waals surface area contributed by atoms with Crippen molar-refractivity contribution in [3.63, 3.8) is 0 Å². The number of hydrogen-bond acceptors (Lipinski definition) is 6. The first-order valence-electron chi connectivity index (χ1n) is 10.2. The van der Waals surface area contributed by atoms with Crippen LogP contribution < -0.4 is 5.32 Å². The standard InChI is InChI=1S/C24H23F3N2O4S/c1-14-9-23(15(2)29-18(12-30)13-31)28-11-21(14)24(20-10-17(26)5-8-22(20)27)34(32,33)19-6-3-16(25)4-7-19/h3-11,18,24,29-31H,2,12-13H2,1H3. The molecule has 0 fully saturated rings. The molecule has 34 heavy (non-hydrogen) atoms. The fourth-order valence-electron chi connectivity index (χ4n) is 3.45. The van der Waals surface area contributed by atoms with Crippen molar-refractivity contribution in [3.8, 4) is 0 Å². The second-order valence-corrected chi connectivity index (χ2v) is 9.69.